The molecule has 7 heteroatoms. The van der Waals surface area contributed by atoms with Gasteiger partial charge in [0.25, 0.3) is 0 Å². The third-order valence-electron chi connectivity index (χ3n) is 4.97. The minimum Gasteiger partial charge on any atom is -0.357 e. The molecular formula is C21H32IN5S. The molecule has 1 aliphatic rings. The molecule has 1 aromatic carbocycles. The van der Waals surface area contributed by atoms with Crippen LogP contribution in [0.15, 0.2) is 35.3 Å². The number of hydrogen-bond donors (Lipinski definition) is 2. The predicted molar refractivity (Wildman–Crippen MR) is 130 cm³/mol. The van der Waals surface area contributed by atoms with E-state index >= 15 is 0 Å². The molecule has 1 fully saturated rings. The van der Waals surface area contributed by atoms with Gasteiger partial charge in [-0.1, -0.05) is 30.3 Å². The van der Waals surface area contributed by atoms with Crippen LogP contribution in [0.4, 0.5) is 0 Å². The zero-order valence-corrected chi connectivity index (χ0v) is 20.2. The molecule has 0 bridgehead atoms. The van der Waals surface area contributed by atoms with Crippen LogP contribution in [-0.2, 0) is 13.1 Å². The highest BCUT2D eigenvalue weighted by atomic mass is 127. The van der Waals surface area contributed by atoms with Gasteiger partial charge in [0.1, 0.15) is 5.01 Å². The summed E-state index contributed by atoms with van der Waals surface area (Å²) in [6.45, 7) is 11.1. The summed E-state index contributed by atoms with van der Waals surface area (Å²) < 4.78 is 0. The molecule has 1 aromatic heterocycles. The number of aryl methyl sites for hydroxylation is 2. The second kappa shape index (κ2) is 11.7. The van der Waals surface area contributed by atoms with E-state index in [1.165, 1.54) is 10.4 Å². The van der Waals surface area contributed by atoms with Gasteiger partial charge in [0, 0.05) is 37.1 Å². The van der Waals surface area contributed by atoms with Gasteiger partial charge < -0.3 is 10.6 Å². The van der Waals surface area contributed by atoms with Crippen LogP contribution in [0.5, 0.6) is 0 Å². The van der Waals surface area contributed by atoms with Crippen LogP contribution in [0.1, 0.15) is 40.9 Å². The van der Waals surface area contributed by atoms with Crippen molar-refractivity contribution in [3.63, 3.8) is 0 Å². The predicted octanol–water partition coefficient (Wildman–Crippen LogP) is 4.10. The van der Waals surface area contributed by atoms with E-state index in [2.05, 4.69) is 71.6 Å². The zero-order valence-electron chi connectivity index (χ0n) is 17.1. The second-order valence-electron chi connectivity index (χ2n) is 7.12. The van der Waals surface area contributed by atoms with Crippen LogP contribution in [0.3, 0.4) is 0 Å². The number of thiazole rings is 1. The third kappa shape index (κ3) is 7.00. The first-order chi connectivity index (χ1) is 13.1. The fourth-order valence-corrected chi connectivity index (χ4v) is 4.20. The second-order valence-corrected chi connectivity index (χ2v) is 8.41. The van der Waals surface area contributed by atoms with Gasteiger partial charge in [-0.2, -0.15) is 0 Å². The Morgan fingerprint density at radius 2 is 1.93 bits per heavy atom. The van der Waals surface area contributed by atoms with E-state index in [1.54, 1.807) is 11.3 Å². The van der Waals surface area contributed by atoms with Crippen molar-refractivity contribution in [1.29, 1.82) is 0 Å². The number of likely N-dealkylation sites (tertiary alicyclic amines) is 1. The Morgan fingerprint density at radius 1 is 1.21 bits per heavy atom. The normalized spacial score (nSPS) is 15.9. The summed E-state index contributed by atoms with van der Waals surface area (Å²) in [5.41, 5.74) is 2.52. The Balaban J connectivity index is 0.00000280. The molecule has 0 unspecified atom stereocenters. The number of rotatable bonds is 6. The van der Waals surface area contributed by atoms with Gasteiger partial charge >= 0.3 is 0 Å². The number of guanidine groups is 1. The number of aliphatic imine (C=N–C) groups is 1. The first kappa shape index (κ1) is 23.1. The lowest BCUT2D eigenvalue weighted by molar-refractivity contribution is 0.198. The molecule has 0 amide bonds. The molecule has 0 aliphatic carbocycles. The lowest BCUT2D eigenvalue weighted by Gasteiger charge is -2.33. The number of hydrogen-bond acceptors (Lipinski definition) is 4. The molecular weight excluding hydrogens is 481 g/mol. The van der Waals surface area contributed by atoms with Crippen LogP contribution in [-0.4, -0.2) is 41.5 Å². The molecule has 5 nitrogen and oxygen atoms in total. The molecule has 2 N–H and O–H groups in total. The van der Waals surface area contributed by atoms with Gasteiger partial charge in [-0.05, 0) is 39.2 Å². The Morgan fingerprint density at radius 3 is 2.54 bits per heavy atom. The number of piperidine rings is 1. The topological polar surface area (TPSA) is 52.6 Å². The number of nitrogens with zero attached hydrogens (tertiary/aromatic N) is 3. The lowest BCUT2D eigenvalue weighted by atomic mass is 10.0. The maximum atomic E-state index is 4.75. The van der Waals surface area contributed by atoms with Crippen molar-refractivity contribution in [2.24, 2.45) is 4.99 Å². The Labute approximate surface area is 190 Å². The highest BCUT2D eigenvalue weighted by Crippen LogP contribution is 2.17. The fourth-order valence-electron chi connectivity index (χ4n) is 3.34. The third-order valence-corrected chi connectivity index (χ3v) is 6.02. The van der Waals surface area contributed by atoms with E-state index in [9.17, 15) is 0 Å². The number of nitrogens with one attached hydrogen (secondary N) is 2. The molecule has 0 spiro atoms. The van der Waals surface area contributed by atoms with E-state index < -0.39 is 0 Å². The van der Waals surface area contributed by atoms with Gasteiger partial charge in [-0.3, -0.25) is 4.90 Å². The standard InChI is InChI=1S/C21H31N5S.HI/c1-4-22-21(23-14-20-24-16(2)17(3)27-20)25-19-10-12-26(13-11-19)15-18-8-6-5-7-9-18;/h5-9,19H,4,10-15H2,1-3H3,(H2,22,23,25);1H. The summed E-state index contributed by atoms with van der Waals surface area (Å²) in [5, 5.41) is 8.08. The van der Waals surface area contributed by atoms with E-state index in [-0.39, 0.29) is 24.0 Å². The van der Waals surface area contributed by atoms with E-state index in [0.29, 0.717) is 12.6 Å². The van der Waals surface area contributed by atoms with Crippen molar-refractivity contribution in [3.8, 4) is 0 Å². The summed E-state index contributed by atoms with van der Waals surface area (Å²) in [6.07, 6.45) is 2.29. The summed E-state index contributed by atoms with van der Waals surface area (Å²) in [4.78, 5) is 13.2. The number of benzene rings is 1. The van der Waals surface area contributed by atoms with Crippen molar-refractivity contribution in [2.75, 3.05) is 19.6 Å². The highest BCUT2D eigenvalue weighted by molar-refractivity contribution is 14.0. The van der Waals surface area contributed by atoms with Crippen LogP contribution >= 0.6 is 35.3 Å². The molecule has 0 atom stereocenters. The number of aromatic nitrogens is 1. The first-order valence-corrected chi connectivity index (χ1v) is 10.7. The van der Waals surface area contributed by atoms with Crippen molar-refractivity contribution in [1.82, 2.24) is 20.5 Å². The molecule has 0 saturated carbocycles. The lowest BCUT2D eigenvalue weighted by Crippen LogP contribution is -2.48. The van der Waals surface area contributed by atoms with Crippen LogP contribution < -0.4 is 10.6 Å². The van der Waals surface area contributed by atoms with Gasteiger partial charge in [0.05, 0.1) is 12.2 Å². The molecule has 2 aromatic rings. The van der Waals surface area contributed by atoms with Gasteiger partial charge in [-0.25, -0.2) is 9.98 Å². The minimum atomic E-state index is 0. The van der Waals surface area contributed by atoms with Crippen LogP contribution in [0.25, 0.3) is 0 Å². The van der Waals surface area contributed by atoms with E-state index in [1.807, 2.05) is 0 Å². The van der Waals surface area contributed by atoms with Crippen molar-refractivity contribution >= 4 is 41.3 Å². The summed E-state index contributed by atoms with van der Waals surface area (Å²) in [6, 6.07) is 11.2. The summed E-state index contributed by atoms with van der Waals surface area (Å²) in [5.74, 6) is 0.907. The molecule has 1 saturated heterocycles. The smallest absolute Gasteiger partial charge is 0.191 e. The molecule has 0 radical (unpaired) electrons. The first-order valence-electron chi connectivity index (χ1n) is 9.88. The van der Waals surface area contributed by atoms with Gasteiger partial charge in [-0.15, -0.1) is 35.3 Å². The Bertz CT molecular complexity index is 719. The SMILES string of the molecule is CCNC(=NCc1nc(C)c(C)s1)NC1CCN(Cc2ccccc2)CC1.I. The van der Waals surface area contributed by atoms with Crippen LogP contribution in [0, 0.1) is 13.8 Å². The minimum absolute atomic E-state index is 0. The van der Waals surface area contributed by atoms with Gasteiger partial charge in [0.15, 0.2) is 5.96 Å². The summed E-state index contributed by atoms with van der Waals surface area (Å²) >= 11 is 1.74. The monoisotopic (exact) mass is 513 g/mol. The molecule has 3 rings (SSSR count). The van der Waals surface area contributed by atoms with E-state index in [4.69, 9.17) is 4.99 Å². The van der Waals surface area contributed by atoms with E-state index in [0.717, 1.165) is 55.7 Å². The van der Waals surface area contributed by atoms with Gasteiger partial charge in [0.2, 0.25) is 0 Å². The number of halogens is 1. The molecule has 2 heterocycles. The van der Waals surface area contributed by atoms with Crippen LogP contribution in [0.2, 0.25) is 0 Å². The Kier molecular flexibility index (Phi) is 9.67. The molecule has 28 heavy (non-hydrogen) atoms. The van der Waals surface area contributed by atoms with Crippen molar-refractivity contribution < 1.29 is 0 Å². The average molecular weight is 513 g/mol. The molecule has 154 valence electrons. The quantitative estimate of drug-likeness (QED) is 0.347. The Hall–Kier alpha value is -1.19. The zero-order chi connectivity index (χ0) is 19.1. The largest absolute Gasteiger partial charge is 0.357 e. The summed E-state index contributed by atoms with van der Waals surface area (Å²) in [7, 11) is 0. The maximum absolute atomic E-state index is 4.75. The fraction of sp³-hybridized carbons (Fsp3) is 0.524. The van der Waals surface area contributed by atoms with Crippen molar-refractivity contribution in [2.45, 2.75) is 52.7 Å². The highest BCUT2D eigenvalue weighted by Gasteiger charge is 2.20. The average Bonchev–Trinajstić information content (AvgIpc) is 3.00. The molecule has 1 aliphatic heterocycles. The van der Waals surface area contributed by atoms with Crippen molar-refractivity contribution in [3.05, 3.63) is 51.5 Å². The maximum Gasteiger partial charge on any atom is 0.191 e.